The van der Waals surface area contributed by atoms with Crippen molar-refractivity contribution in [1.82, 2.24) is 24.2 Å². The van der Waals surface area contributed by atoms with E-state index in [2.05, 4.69) is 34.0 Å². The molecule has 1 atom stereocenters. The molecule has 2 aromatic heterocycles. The van der Waals surface area contributed by atoms with Crippen LogP contribution in [0.2, 0.25) is 0 Å². The number of fused-ring (bicyclic) bond motifs is 1. The van der Waals surface area contributed by atoms with Crippen molar-refractivity contribution in [1.29, 1.82) is 0 Å². The molecule has 1 unspecified atom stereocenters. The molecule has 1 saturated carbocycles. The average Bonchev–Trinajstić information content (AvgIpc) is 3.16. The van der Waals surface area contributed by atoms with Gasteiger partial charge in [-0.15, -0.1) is 0 Å². The molecule has 0 N–H and O–H groups in total. The van der Waals surface area contributed by atoms with E-state index in [-0.39, 0.29) is 0 Å². The van der Waals surface area contributed by atoms with E-state index in [1.807, 2.05) is 17.9 Å². The van der Waals surface area contributed by atoms with E-state index in [1.54, 1.807) is 0 Å². The Kier molecular flexibility index (Phi) is 4.41. The van der Waals surface area contributed by atoms with Crippen molar-refractivity contribution in [3.63, 3.8) is 0 Å². The summed E-state index contributed by atoms with van der Waals surface area (Å²) in [4.78, 5) is 7.21. The van der Waals surface area contributed by atoms with E-state index >= 15 is 0 Å². The van der Waals surface area contributed by atoms with Gasteiger partial charge in [-0.3, -0.25) is 9.58 Å². The number of hydrogen-bond acceptors (Lipinski definition) is 4. The molecule has 1 aliphatic heterocycles. The van der Waals surface area contributed by atoms with Crippen LogP contribution < -0.4 is 0 Å². The quantitative estimate of drug-likeness (QED) is 0.781. The van der Waals surface area contributed by atoms with Crippen LogP contribution in [0.1, 0.15) is 42.6 Å². The third-order valence-electron chi connectivity index (χ3n) is 5.04. The van der Waals surface area contributed by atoms with Crippen LogP contribution >= 0.6 is 0 Å². The average molecular weight is 329 g/mol. The highest BCUT2D eigenvalue weighted by Crippen LogP contribution is 2.34. The van der Waals surface area contributed by atoms with Crippen molar-refractivity contribution in [3.05, 3.63) is 35.7 Å². The highest BCUT2D eigenvalue weighted by molar-refractivity contribution is 5.23. The molecule has 2 aliphatic rings. The molecule has 0 bridgehead atoms. The molecule has 6 nitrogen and oxygen atoms in total. The summed E-state index contributed by atoms with van der Waals surface area (Å²) in [6, 6.07) is 0. The van der Waals surface area contributed by atoms with Crippen LogP contribution in [0.25, 0.3) is 0 Å². The van der Waals surface area contributed by atoms with Gasteiger partial charge in [-0.2, -0.15) is 5.10 Å². The van der Waals surface area contributed by atoms with Crippen molar-refractivity contribution in [3.8, 4) is 0 Å². The molecule has 0 radical (unpaired) electrons. The van der Waals surface area contributed by atoms with Crippen molar-refractivity contribution < 1.29 is 4.74 Å². The van der Waals surface area contributed by atoms with E-state index in [0.29, 0.717) is 5.92 Å². The summed E-state index contributed by atoms with van der Waals surface area (Å²) in [5.74, 6) is 1.27. The van der Waals surface area contributed by atoms with Crippen LogP contribution in [0.4, 0.5) is 0 Å². The first-order chi connectivity index (χ1) is 11.7. The summed E-state index contributed by atoms with van der Waals surface area (Å²) in [7, 11) is 1.97. The van der Waals surface area contributed by atoms with Gasteiger partial charge in [-0.1, -0.05) is 0 Å². The predicted molar refractivity (Wildman–Crippen MR) is 91.5 cm³/mol. The number of ether oxygens (including phenoxy) is 1. The Balaban J connectivity index is 1.53. The maximum Gasteiger partial charge on any atom is 0.0952 e. The minimum Gasteiger partial charge on any atom is -0.381 e. The number of nitrogens with zero attached hydrogens (tertiary/aromatic N) is 5. The Morgan fingerprint density at radius 3 is 2.92 bits per heavy atom. The maximum absolute atomic E-state index is 5.79. The van der Waals surface area contributed by atoms with E-state index in [9.17, 15) is 0 Å². The van der Waals surface area contributed by atoms with E-state index < -0.39 is 0 Å². The molecule has 0 aromatic carbocycles. The lowest BCUT2D eigenvalue weighted by Crippen LogP contribution is -2.36. The van der Waals surface area contributed by atoms with Crippen LogP contribution in [-0.2, 0) is 31.4 Å². The predicted octanol–water partition coefficient (Wildman–Crippen LogP) is 2.16. The van der Waals surface area contributed by atoms with Gasteiger partial charge in [-0.25, -0.2) is 4.98 Å². The molecule has 1 aliphatic carbocycles. The summed E-state index contributed by atoms with van der Waals surface area (Å²) in [5, 5.41) is 4.28. The summed E-state index contributed by atoms with van der Waals surface area (Å²) in [5.41, 5.74) is 3.90. The zero-order chi connectivity index (χ0) is 16.5. The molecule has 4 rings (SSSR count). The second-order valence-electron chi connectivity index (χ2n) is 7.22. The van der Waals surface area contributed by atoms with Crippen molar-refractivity contribution >= 4 is 0 Å². The van der Waals surface area contributed by atoms with E-state index in [1.165, 1.54) is 29.8 Å². The van der Waals surface area contributed by atoms with Gasteiger partial charge in [0.15, 0.2) is 0 Å². The lowest BCUT2D eigenvalue weighted by molar-refractivity contribution is 0.102. The summed E-state index contributed by atoms with van der Waals surface area (Å²) in [6.45, 7) is 7.62. The molecular weight excluding hydrogens is 302 g/mol. The fourth-order valence-corrected chi connectivity index (χ4v) is 3.75. The molecule has 0 amide bonds. The molecule has 0 spiro atoms. The monoisotopic (exact) mass is 329 g/mol. The highest BCUT2D eigenvalue weighted by atomic mass is 16.5. The smallest absolute Gasteiger partial charge is 0.0952 e. The van der Waals surface area contributed by atoms with Gasteiger partial charge in [0.2, 0.25) is 0 Å². The molecule has 0 saturated heterocycles. The van der Waals surface area contributed by atoms with Crippen LogP contribution in [0, 0.1) is 5.92 Å². The zero-order valence-corrected chi connectivity index (χ0v) is 14.7. The van der Waals surface area contributed by atoms with Gasteiger partial charge in [-0.05, 0) is 25.7 Å². The highest BCUT2D eigenvalue weighted by Gasteiger charge is 2.32. The molecule has 130 valence electrons. The van der Waals surface area contributed by atoms with Crippen molar-refractivity contribution in [2.45, 2.75) is 45.3 Å². The summed E-state index contributed by atoms with van der Waals surface area (Å²) in [6.07, 6.45) is 8.85. The first-order valence-corrected chi connectivity index (χ1v) is 9.04. The third-order valence-corrected chi connectivity index (χ3v) is 5.04. The SMILES string of the molecule is CCOCC1CN(Cc2cnn(C)c2)Cc2ncn(CC3CC3)c21. The fraction of sp³-hybridized carbons (Fsp3) is 0.667. The van der Waals surface area contributed by atoms with E-state index in [4.69, 9.17) is 9.72 Å². The number of hydrogen-bond donors (Lipinski definition) is 0. The van der Waals surface area contributed by atoms with Gasteiger partial charge in [0.1, 0.15) is 0 Å². The van der Waals surface area contributed by atoms with Crippen molar-refractivity contribution in [2.75, 3.05) is 19.8 Å². The Morgan fingerprint density at radius 2 is 2.21 bits per heavy atom. The first kappa shape index (κ1) is 15.8. The zero-order valence-electron chi connectivity index (χ0n) is 14.7. The Hall–Kier alpha value is -1.66. The molecular formula is C18H27N5O. The number of imidazole rings is 1. The van der Waals surface area contributed by atoms with Crippen LogP contribution in [0.3, 0.4) is 0 Å². The van der Waals surface area contributed by atoms with Crippen LogP contribution in [0.5, 0.6) is 0 Å². The Morgan fingerprint density at radius 1 is 1.33 bits per heavy atom. The van der Waals surface area contributed by atoms with Gasteiger partial charge in [0.05, 0.1) is 24.8 Å². The number of rotatable bonds is 7. The second kappa shape index (κ2) is 6.69. The largest absolute Gasteiger partial charge is 0.381 e. The second-order valence-corrected chi connectivity index (χ2v) is 7.22. The topological polar surface area (TPSA) is 48.1 Å². The number of aryl methyl sites for hydroxylation is 1. The lowest BCUT2D eigenvalue weighted by atomic mass is 9.98. The van der Waals surface area contributed by atoms with Gasteiger partial charge >= 0.3 is 0 Å². The molecule has 2 aromatic rings. The van der Waals surface area contributed by atoms with Crippen LogP contribution in [-0.4, -0.2) is 44.0 Å². The maximum atomic E-state index is 5.79. The minimum atomic E-state index is 0.409. The van der Waals surface area contributed by atoms with Crippen LogP contribution in [0.15, 0.2) is 18.7 Å². The lowest BCUT2D eigenvalue weighted by Gasteiger charge is -2.33. The number of aromatic nitrogens is 4. The Labute approximate surface area is 143 Å². The van der Waals surface area contributed by atoms with E-state index in [0.717, 1.165) is 45.3 Å². The molecule has 24 heavy (non-hydrogen) atoms. The van der Waals surface area contributed by atoms with Gasteiger partial charge in [0.25, 0.3) is 0 Å². The molecule has 1 fully saturated rings. The minimum absolute atomic E-state index is 0.409. The van der Waals surface area contributed by atoms with Crippen molar-refractivity contribution in [2.24, 2.45) is 13.0 Å². The van der Waals surface area contributed by atoms with Gasteiger partial charge in [0, 0.05) is 63.2 Å². The fourth-order valence-electron chi connectivity index (χ4n) is 3.75. The third kappa shape index (κ3) is 3.39. The standard InChI is InChI=1S/C18H27N5O/c1-3-24-12-16-10-22(8-15-6-20-21(2)7-15)11-17-18(16)23(13-19-17)9-14-4-5-14/h6-7,13-14,16H,3-5,8-12H2,1-2H3. The Bertz CT molecular complexity index is 687. The van der Waals surface area contributed by atoms with Gasteiger partial charge < -0.3 is 9.30 Å². The molecule has 6 heteroatoms. The summed E-state index contributed by atoms with van der Waals surface area (Å²) < 4.78 is 10.1. The molecule has 3 heterocycles. The normalized spacial score (nSPS) is 21.2. The first-order valence-electron chi connectivity index (χ1n) is 9.04. The summed E-state index contributed by atoms with van der Waals surface area (Å²) >= 11 is 0.